The number of hydrogen-bond acceptors (Lipinski definition) is 10. The summed E-state index contributed by atoms with van der Waals surface area (Å²) in [7, 11) is 2.74. The molecule has 5 amide bonds. The van der Waals surface area contributed by atoms with Crippen LogP contribution in [0.15, 0.2) is 47.6 Å². The van der Waals surface area contributed by atoms with Gasteiger partial charge in [-0.25, -0.2) is 14.0 Å². The number of rotatable bonds is 7. The van der Waals surface area contributed by atoms with E-state index in [4.69, 9.17) is 15.2 Å². The van der Waals surface area contributed by atoms with Crippen molar-refractivity contribution in [1.29, 1.82) is 0 Å². The Morgan fingerprint density at radius 3 is 2.08 bits per heavy atom. The Morgan fingerprint density at radius 1 is 0.917 bits per heavy atom. The van der Waals surface area contributed by atoms with Crippen molar-refractivity contribution in [2.24, 2.45) is 23.5 Å². The molecule has 1 aromatic rings. The second kappa shape index (κ2) is 23.6. The first kappa shape index (κ1) is 51.0. The van der Waals surface area contributed by atoms with Crippen molar-refractivity contribution in [2.75, 3.05) is 20.6 Å². The number of carbonyl (C=O) groups excluding carboxylic acids is 7. The van der Waals surface area contributed by atoms with Crippen molar-refractivity contribution in [3.63, 3.8) is 0 Å². The maximum absolute atomic E-state index is 14.1. The Labute approximate surface area is 354 Å². The molecule has 0 saturated carbocycles. The number of nitrogens with zero attached hydrogens (tertiary/aromatic N) is 2. The monoisotopic (exact) mass is 842 g/mol. The number of nitrogens with one attached hydrogen (secondary N) is 3. The molecule has 1 aliphatic rings. The van der Waals surface area contributed by atoms with Crippen LogP contribution in [0.25, 0.3) is 0 Å². The highest BCUT2D eigenvalue weighted by atomic mass is 19.1. The number of amides is 5. The van der Waals surface area contributed by atoms with Crippen LogP contribution in [0.1, 0.15) is 94.1 Å². The Balaban J connectivity index is 2.63. The van der Waals surface area contributed by atoms with Gasteiger partial charge in [-0.3, -0.25) is 24.0 Å². The summed E-state index contributed by atoms with van der Waals surface area (Å²) >= 11 is 0. The van der Waals surface area contributed by atoms with Crippen LogP contribution >= 0.6 is 0 Å². The van der Waals surface area contributed by atoms with E-state index >= 15 is 0 Å². The van der Waals surface area contributed by atoms with Crippen molar-refractivity contribution < 1.29 is 47.4 Å². The van der Waals surface area contributed by atoms with Crippen LogP contribution in [0.4, 0.5) is 4.39 Å². The van der Waals surface area contributed by atoms with Crippen LogP contribution < -0.4 is 21.7 Å². The maximum Gasteiger partial charge on any atom is 0.334 e. The molecule has 0 bridgehead atoms. The number of cyclic esters (lactones) is 2. The predicted octanol–water partition coefficient (Wildman–Crippen LogP) is 3.34. The summed E-state index contributed by atoms with van der Waals surface area (Å²) in [6.45, 7) is 16.6. The maximum atomic E-state index is 14.1. The largest absolute Gasteiger partial charge is 0.456 e. The van der Waals surface area contributed by atoms with Gasteiger partial charge in [0.1, 0.15) is 36.1 Å². The van der Waals surface area contributed by atoms with Gasteiger partial charge in [0.15, 0.2) is 6.10 Å². The van der Waals surface area contributed by atoms with E-state index in [1.165, 1.54) is 59.1 Å². The first-order valence-electron chi connectivity index (χ1n) is 20.6. The highest BCUT2D eigenvalue weighted by molar-refractivity contribution is 5.96. The minimum atomic E-state index is -1.27. The van der Waals surface area contributed by atoms with Gasteiger partial charge in [-0.1, -0.05) is 65.3 Å². The third kappa shape index (κ3) is 14.9. The van der Waals surface area contributed by atoms with Crippen LogP contribution in [0.3, 0.4) is 0 Å². The summed E-state index contributed by atoms with van der Waals surface area (Å²) in [5, 5.41) is 8.00. The van der Waals surface area contributed by atoms with Gasteiger partial charge in [0, 0.05) is 38.0 Å². The zero-order valence-electron chi connectivity index (χ0n) is 37.3. The quantitative estimate of drug-likeness (QED) is 0.233. The normalized spacial score (nSPS) is 28.6. The van der Waals surface area contributed by atoms with E-state index in [1.54, 1.807) is 39.8 Å². The zero-order valence-corrected chi connectivity index (χ0v) is 37.3. The molecular weight excluding hydrogens is 776 g/mol. The van der Waals surface area contributed by atoms with Crippen LogP contribution in [-0.4, -0.2) is 114 Å². The van der Waals surface area contributed by atoms with Crippen LogP contribution in [0, 0.1) is 23.6 Å². The molecule has 2 unspecified atom stereocenters. The molecule has 1 aliphatic heterocycles. The second-order valence-electron chi connectivity index (χ2n) is 16.4. The van der Waals surface area contributed by atoms with E-state index in [0.717, 1.165) is 9.80 Å². The average molecular weight is 843 g/mol. The first-order chi connectivity index (χ1) is 28.0. The third-order valence-corrected chi connectivity index (χ3v) is 11.0. The summed E-state index contributed by atoms with van der Waals surface area (Å²) in [4.78, 5) is 98.0. The number of halogens is 1. The van der Waals surface area contributed by atoms with Gasteiger partial charge in [0.2, 0.25) is 23.6 Å². The average Bonchev–Trinajstić information content (AvgIpc) is 3.20. The van der Waals surface area contributed by atoms with Gasteiger partial charge in [-0.2, -0.15) is 0 Å². The van der Waals surface area contributed by atoms with Crippen molar-refractivity contribution in [2.45, 2.75) is 137 Å². The fraction of sp³-hybridized carbons (Fsp3) is 0.614. The van der Waals surface area contributed by atoms with E-state index in [2.05, 4.69) is 16.0 Å². The molecule has 0 radical (unpaired) electrons. The Kier molecular flexibility index (Phi) is 20.1. The molecule has 60 heavy (non-hydrogen) atoms. The molecular formula is C44H67FN6O9. The Bertz CT molecular complexity index is 1750. The first-order valence-corrected chi connectivity index (χ1v) is 20.6. The minimum Gasteiger partial charge on any atom is -0.456 e. The van der Waals surface area contributed by atoms with Crippen LogP contribution in [0.5, 0.6) is 0 Å². The van der Waals surface area contributed by atoms with Crippen molar-refractivity contribution in [1.82, 2.24) is 25.8 Å². The smallest absolute Gasteiger partial charge is 0.334 e. The number of ether oxygens (including phenoxy) is 2. The molecule has 2 rings (SSSR count). The third-order valence-electron chi connectivity index (χ3n) is 11.0. The molecule has 15 nitrogen and oxygen atoms in total. The topological polar surface area (TPSA) is 207 Å². The summed E-state index contributed by atoms with van der Waals surface area (Å²) in [6.07, 6.45) is 2.05. The molecule has 1 aromatic carbocycles. The molecule has 334 valence electrons. The highest BCUT2D eigenvalue weighted by Gasteiger charge is 2.36. The number of benzene rings is 1. The fourth-order valence-corrected chi connectivity index (χ4v) is 6.59. The van der Waals surface area contributed by atoms with E-state index in [9.17, 15) is 38.0 Å². The van der Waals surface area contributed by atoms with E-state index in [0.29, 0.717) is 17.6 Å². The standard InChI is InChI=1S/C44H67FN6O9/c1-13-25(5)37-40(54)48-30(10)44(58)60-38(26(6)14-2)28(8)33(46)20-15-27(7)43(57)59-35(21-24(3)4)39(53)47-29(9)41(55)51(12)34(22-31-16-18-32(45)19-17-31)42(56)50(11)23-36(52)49-37/h14-19,24-25,28-30,33-35,37-38H,13,20-23,46H2,1-12H3,(H,47,53)(H,48,54)(H,49,52)/b26-14+,27-15+/t25?,28-,29-,30+,33-,34+,35+,37?,38+/m0/s1. The number of hydrogen-bond donors (Lipinski definition) is 4. The number of esters is 2. The van der Waals surface area contributed by atoms with Crippen LogP contribution in [-0.2, 0) is 49.5 Å². The highest BCUT2D eigenvalue weighted by Crippen LogP contribution is 2.23. The molecule has 0 spiro atoms. The SMILES string of the molecule is C/C=C(\C)[C@H]1OC(=O)[C@@H](C)NC(=O)C(C(C)CC)NC(=O)CN(C)C(=O)[C@@H](Cc2ccc(F)cc2)N(C)C(=O)[C@H](C)NC(=O)[C@@H](CC(C)C)OC(=O)/C(C)=C/C[C@H](N)[C@@H]1C. The summed E-state index contributed by atoms with van der Waals surface area (Å²) in [5.41, 5.74) is 8.00. The van der Waals surface area contributed by atoms with Crippen molar-refractivity contribution >= 4 is 41.5 Å². The van der Waals surface area contributed by atoms with E-state index < -0.39 is 102 Å². The Morgan fingerprint density at radius 2 is 1.52 bits per heavy atom. The summed E-state index contributed by atoms with van der Waals surface area (Å²) < 4.78 is 25.5. The molecule has 5 N–H and O–H groups in total. The van der Waals surface area contributed by atoms with Gasteiger partial charge in [-0.05, 0) is 82.6 Å². The van der Waals surface area contributed by atoms with E-state index in [1.807, 2.05) is 20.8 Å². The molecule has 0 aromatic heterocycles. The number of allylic oxidation sites excluding steroid dienone is 1. The molecule has 1 heterocycles. The van der Waals surface area contributed by atoms with Gasteiger partial charge in [-0.15, -0.1) is 0 Å². The number of carbonyl (C=O) groups is 7. The lowest BCUT2D eigenvalue weighted by molar-refractivity contribution is -0.154. The number of nitrogens with two attached hydrogens (primary N) is 1. The lowest BCUT2D eigenvalue weighted by atomic mass is 9.89. The van der Waals surface area contributed by atoms with E-state index in [-0.39, 0.29) is 36.7 Å². The molecule has 16 heteroatoms. The zero-order chi connectivity index (χ0) is 45.6. The lowest BCUT2D eigenvalue weighted by Crippen LogP contribution is -2.57. The molecule has 0 fully saturated rings. The number of likely N-dealkylation sites (N-methyl/N-ethyl adjacent to an activating group) is 2. The predicted molar refractivity (Wildman–Crippen MR) is 225 cm³/mol. The van der Waals surface area contributed by atoms with Gasteiger partial charge >= 0.3 is 11.9 Å². The van der Waals surface area contributed by atoms with Crippen molar-refractivity contribution in [3.8, 4) is 0 Å². The fourth-order valence-electron chi connectivity index (χ4n) is 6.59. The molecule has 0 saturated heterocycles. The van der Waals surface area contributed by atoms with Gasteiger partial charge in [0.05, 0.1) is 6.54 Å². The van der Waals surface area contributed by atoms with Crippen LogP contribution in [0.2, 0.25) is 0 Å². The second-order valence-corrected chi connectivity index (χ2v) is 16.4. The molecule has 9 atom stereocenters. The Hall–Kier alpha value is -5.12. The summed E-state index contributed by atoms with van der Waals surface area (Å²) in [6, 6.07) is 0.132. The minimum absolute atomic E-state index is 0.0735. The van der Waals surface area contributed by atoms with Crippen molar-refractivity contribution in [3.05, 3.63) is 58.9 Å². The van der Waals surface area contributed by atoms with Gasteiger partial charge in [0.25, 0.3) is 5.91 Å². The van der Waals surface area contributed by atoms with Gasteiger partial charge < -0.3 is 41.0 Å². The molecule has 0 aliphatic carbocycles. The lowest BCUT2D eigenvalue weighted by Gasteiger charge is -2.33. The summed E-state index contributed by atoms with van der Waals surface area (Å²) in [5.74, 6) is -6.28.